The predicted molar refractivity (Wildman–Crippen MR) is 96.1 cm³/mol. The lowest BCUT2D eigenvalue weighted by Crippen LogP contribution is -2.45. The molecule has 1 atom stereocenters. The van der Waals surface area contributed by atoms with Gasteiger partial charge in [0.05, 0.1) is 13.2 Å². The van der Waals surface area contributed by atoms with Gasteiger partial charge in [-0.25, -0.2) is 9.97 Å². The van der Waals surface area contributed by atoms with Gasteiger partial charge in [-0.2, -0.15) is 4.98 Å². The van der Waals surface area contributed by atoms with E-state index in [2.05, 4.69) is 20.0 Å². The minimum Gasteiger partial charge on any atom is -0.377 e. The fourth-order valence-electron chi connectivity index (χ4n) is 3.58. The number of aromatic nitrogens is 4. The van der Waals surface area contributed by atoms with Crippen LogP contribution in [0, 0.1) is 6.92 Å². The number of carbonyl (C=O) groups excluding carboxylic acids is 1. The summed E-state index contributed by atoms with van der Waals surface area (Å²) in [4.78, 5) is 30.2. The summed E-state index contributed by atoms with van der Waals surface area (Å²) in [5.74, 6) is 2.30. The van der Waals surface area contributed by atoms with E-state index in [9.17, 15) is 4.79 Å². The number of piperidine rings is 1. The van der Waals surface area contributed by atoms with E-state index < -0.39 is 0 Å². The summed E-state index contributed by atoms with van der Waals surface area (Å²) in [6.45, 7) is 5.13. The molecule has 144 valence electrons. The summed E-state index contributed by atoms with van der Waals surface area (Å²) < 4.78 is 10.7. The molecule has 1 unspecified atom stereocenters. The molecule has 9 heteroatoms. The molecule has 0 radical (unpaired) electrons. The number of hydrogen-bond acceptors (Lipinski definition) is 8. The number of carbonyl (C=O) groups is 1. The summed E-state index contributed by atoms with van der Waals surface area (Å²) in [5.41, 5.74) is 0. The van der Waals surface area contributed by atoms with E-state index in [0.717, 1.165) is 18.9 Å². The summed E-state index contributed by atoms with van der Waals surface area (Å²) >= 11 is 0. The van der Waals surface area contributed by atoms with Gasteiger partial charge in [-0.3, -0.25) is 4.79 Å². The summed E-state index contributed by atoms with van der Waals surface area (Å²) in [6.07, 6.45) is 5.47. The minimum absolute atomic E-state index is 0.0726. The van der Waals surface area contributed by atoms with Crippen molar-refractivity contribution in [2.45, 2.75) is 38.6 Å². The van der Waals surface area contributed by atoms with E-state index in [0.29, 0.717) is 37.3 Å². The molecule has 2 aromatic heterocycles. The number of amides is 1. The second kappa shape index (κ2) is 7.99. The molecule has 2 saturated heterocycles. The first-order valence-corrected chi connectivity index (χ1v) is 9.45. The van der Waals surface area contributed by atoms with Gasteiger partial charge in [0.25, 0.3) is 0 Å². The minimum atomic E-state index is -0.306. The standard InChI is InChI=1S/C18H24N6O3/c1-13-20-16(27-22-13)11-17(25)24-9-10-26-12-14(24)18-19-6-5-15(21-18)23-7-3-2-4-8-23/h5-6,14H,2-4,7-12H2,1H3. The van der Waals surface area contributed by atoms with Crippen LogP contribution < -0.4 is 4.90 Å². The van der Waals surface area contributed by atoms with E-state index in [4.69, 9.17) is 14.2 Å². The van der Waals surface area contributed by atoms with Crippen LogP contribution in [-0.2, 0) is 16.0 Å². The molecule has 1 amide bonds. The van der Waals surface area contributed by atoms with Gasteiger partial charge in [-0.15, -0.1) is 0 Å². The molecule has 0 aliphatic carbocycles. The SMILES string of the molecule is Cc1noc(CC(=O)N2CCOCC2c2nccc(N3CCCCC3)n2)n1. The van der Waals surface area contributed by atoms with Gasteiger partial charge in [0.15, 0.2) is 11.6 Å². The highest BCUT2D eigenvalue weighted by Gasteiger charge is 2.32. The molecule has 4 heterocycles. The smallest absolute Gasteiger partial charge is 0.236 e. The second-order valence-electron chi connectivity index (χ2n) is 6.91. The van der Waals surface area contributed by atoms with Crippen LogP contribution in [0.5, 0.6) is 0 Å². The van der Waals surface area contributed by atoms with E-state index in [1.165, 1.54) is 19.3 Å². The van der Waals surface area contributed by atoms with Crippen LogP contribution in [0.15, 0.2) is 16.8 Å². The van der Waals surface area contributed by atoms with Crippen molar-refractivity contribution in [3.63, 3.8) is 0 Å². The molecule has 0 aromatic carbocycles. The van der Waals surface area contributed by atoms with Gasteiger partial charge in [0.2, 0.25) is 11.8 Å². The Hall–Kier alpha value is -2.55. The molecule has 0 bridgehead atoms. The number of morpholine rings is 1. The summed E-state index contributed by atoms with van der Waals surface area (Å²) in [6, 6.07) is 1.63. The Morgan fingerprint density at radius 3 is 2.85 bits per heavy atom. The van der Waals surface area contributed by atoms with Gasteiger partial charge in [0, 0.05) is 25.8 Å². The van der Waals surface area contributed by atoms with Gasteiger partial charge in [-0.1, -0.05) is 5.16 Å². The highest BCUT2D eigenvalue weighted by molar-refractivity contribution is 5.78. The third kappa shape index (κ3) is 4.08. The number of rotatable bonds is 4. The number of ether oxygens (including phenoxy) is 1. The van der Waals surface area contributed by atoms with Crippen LogP contribution in [-0.4, -0.2) is 63.8 Å². The van der Waals surface area contributed by atoms with Crippen molar-refractivity contribution in [2.24, 2.45) is 0 Å². The van der Waals surface area contributed by atoms with Crippen molar-refractivity contribution in [1.82, 2.24) is 25.0 Å². The summed E-state index contributed by atoms with van der Waals surface area (Å²) in [7, 11) is 0. The highest BCUT2D eigenvalue weighted by Crippen LogP contribution is 2.25. The lowest BCUT2D eigenvalue weighted by molar-refractivity contribution is -0.140. The Bertz CT molecular complexity index is 789. The molecule has 0 saturated carbocycles. The van der Waals surface area contributed by atoms with Crippen molar-refractivity contribution in [3.05, 3.63) is 29.8 Å². The predicted octanol–water partition coefficient (Wildman–Crippen LogP) is 1.30. The van der Waals surface area contributed by atoms with Crippen molar-refractivity contribution < 1.29 is 14.1 Å². The third-order valence-corrected chi connectivity index (χ3v) is 4.96. The quantitative estimate of drug-likeness (QED) is 0.792. The Kier molecular flexibility index (Phi) is 5.28. The van der Waals surface area contributed by atoms with Crippen molar-refractivity contribution in [2.75, 3.05) is 37.7 Å². The second-order valence-corrected chi connectivity index (χ2v) is 6.91. The van der Waals surface area contributed by atoms with Crippen molar-refractivity contribution in [3.8, 4) is 0 Å². The molecule has 9 nitrogen and oxygen atoms in total. The number of anilines is 1. The molecule has 2 aromatic rings. The summed E-state index contributed by atoms with van der Waals surface area (Å²) in [5, 5.41) is 3.74. The molecule has 0 spiro atoms. The monoisotopic (exact) mass is 372 g/mol. The van der Waals surface area contributed by atoms with Crippen LogP contribution in [0.1, 0.15) is 42.8 Å². The van der Waals surface area contributed by atoms with Gasteiger partial charge < -0.3 is 19.1 Å². The van der Waals surface area contributed by atoms with Crippen LogP contribution in [0.2, 0.25) is 0 Å². The van der Waals surface area contributed by atoms with Gasteiger partial charge >= 0.3 is 0 Å². The zero-order valence-electron chi connectivity index (χ0n) is 15.5. The molecular formula is C18H24N6O3. The Balaban J connectivity index is 1.52. The maximum Gasteiger partial charge on any atom is 0.236 e. The van der Waals surface area contributed by atoms with E-state index in [-0.39, 0.29) is 18.4 Å². The Morgan fingerprint density at radius 2 is 2.07 bits per heavy atom. The Morgan fingerprint density at radius 1 is 1.22 bits per heavy atom. The van der Waals surface area contributed by atoms with E-state index >= 15 is 0 Å². The van der Waals surface area contributed by atoms with Crippen LogP contribution >= 0.6 is 0 Å². The first-order chi connectivity index (χ1) is 13.2. The van der Waals surface area contributed by atoms with Crippen LogP contribution in [0.25, 0.3) is 0 Å². The first-order valence-electron chi connectivity index (χ1n) is 9.45. The van der Waals surface area contributed by atoms with Crippen LogP contribution in [0.4, 0.5) is 5.82 Å². The van der Waals surface area contributed by atoms with Crippen molar-refractivity contribution in [1.29, 1.82) is 0 Å². The lowest BCUT2D eigenvalue weighted by atomic mass is 10.1. The maximum absolute atomic E-state index is 12.8. The lowest BCUT2D eigenvalue weighted by Gasteiger charge is -2.35. The van der Waals surface area contributed by atoms with E-state index in [1.807, 2.05) is 6.07 Å². The molecule has 2 aliphatic rings. The average molecular weight is 372 g/mol. The highest BCUT2D eigenvalue weighted by atomic mass is 16.5. The van der Waals surface area contributed by atoms with Crippen LogP contribution in [0.3, 0.4) is 0 Å². The fourth-order valence-corrected chi connectivity index (χ4v) is 3.58. The largest absolute Gasteiger partial charge is 0.377 e. The topological polar surface area (TPSA) is 97.5 Å². The zero-order valence-corrected chi connectivity index (χ0v) is 15.5. The van der Waals surface area contributed by atoms with Gasteiger partial charge in [-0.05, 0) is 32.3 Å². The van der Waals surface area contributed by atoms with E-state index in [1.54, 1.807) is 18.0 Å². The Labute approximate surface area is 157 Å². The number of aryl methyl sites for hydroxylation is 1. The first kappa shape index (κ1) is 17.8. The molecule has 4 rings (SSSR count). The van der Waals surface area contributed by atoms with Gasteiger partial charge in [0.1, 0.15) is 18.3 Å². The molecule has 2 fully saturated rings. The molecule has 27 heavy (non-hydrogen) atoms. The average Bonchev–Trinajstić information content (AvgIpc) is 3.13. The van der Waals surface area contributed by atoms with Crippen molar-refractivity contribution >= 4 is 11.7 Å². The molecule has 0 N–H and O–H groups in total. The normalized spacial score (nSPS) is 20.7. The molecular weight excluding hydrogens is 348 g/mol. The third-order valence-electron chi connectivity index (χ3n) is 4.96. The molecule has 2 aliphatic heterocycles. The number of hydrogen-bond donors (Lipinski definition) is 0. The fraction of sp³-hybridized carbons (Fsp3) is 0.611. The number of nitrogens with zero attached hydrogens (tertiary/aromatic N) is 6. The maximum atomic E-state index is 12.8. The zero-order chi connectivity index (χ0) is 18.6.